The van der Waals surface area contributed by atoms with E-state index in [1.165, 1.54) is 5.56 Å². The van der Waals surface area contributed by atoms with Crippen molar-refractivity contribution < 1.29 is 4.79 Å². The van der Waals surface area contributed by atoms with E-state index >= 15 is 0 Å². The molecule has 43 heavy (non-hydrogen) atoms. The van der Waals surface area contributed by atoms with Crippen molar-refractivity contribution in [1.29, 1.82) is 0 Å². The molecule has 5 N–H and O–H groups in total. The van der Waals surface area contributed by atoms with Crippen LogP contribution in [-0.2, 0) is 4.79 Å². The van der Waals surface area contributed by atoms with Crippen molar-refractivity contribution in [2.24, 2.45) is 5.41 Å². The van der Waals surface area contributed by atoms with Gasteiger partial charge in [0.1, 0.15) is 11.6 Å². The van der Waals surface area contributed by atoms with Crippen LogP contribution in [0.3, 0.4) is 0 Å². The van der Waals surface area contributed by atoms with E-state index in [4.69, 9.17) is 17.3 Å². The highest BCUT2D eigenvalue weighted by Crippen LogP contribution is 2.30. The zero-order chi connectivity index (χ0) is 31.0. The number of rotatable bonds is 6. The molecule has 2 aromatic heterocycles. The molecular formula is C33H47ClN8O. The number of nitrogens with one attached hydrogen (secondary N) is 3. The molecule has 9 nitrogen and oxygen atoms in total. The Labute approximate surface area is 261 Å². The molecule has 0 saturated carbocycles. The Morgan fingerprint density at radius 1 is 0.860 bits per heavy atom. The Kier molecular flexibility index (Phi) is 11.2. The fraction of sp³-hybridized carbons (Fsp3) is 0.485. The number of hydrogen-bond donors (Lipinski definition) is 4. The van der Waals surface area contributed by atoms with Crippen LogP contribution in [0.25, 0.3) is 11.1 Å². The highest BCUT2D eigenvalue weighted by molar-refractivity contribution is 6.33. The fourth-order valence-corrected chi connectivity index (χ4v) is 5.26. The summed E-state index contributed by atoms with van der Waals surface area (Å²) in [5.74, 6) is 1.03. The second-order valence-electron chi connectivity index (χ2n) is 12.7. The normalized spacial score (nSPS) is 17.1. The summed E-state index contributed by atoms with van der Waals surface area (Å²) >= 11 is 6.22. The van der Waals surface area contributed by atoms with Crippen LogP contribution in [0.1, 0.15) is 46.5 Å². The maximum absolute atomic E-state index is 12.0. The van der Waals surface area contributed by atoms with E-state index in [9.17, 15) is 4.79 Å². The third-order valence-electron chi connectivity index (χ3n) is 7.94. The van der Waals surface area contributed by atoms with Gasteiger partial charge in [-0.2, -0.15) is 0 Å². The number of hydrogen-bond acceptors (Lipinski definition) is 8. The molecule has 0 aliphatic carbocycles. The Bertz CT molecular complexity index is 1330. The summed E-state index contributed by atoms with van der Waals surface area (Å²) < 4.78 is 0. The van der Waals surface area contributed by atoms with E-state index in [1.807, 2.05) is 57.3 Å². The van der Waals surface area contributed by atoms with Gasteiger partial charge in [0, 0.05) is 47.1 Å². The lowest BCUT2D eigenvalue weighted by Crippen LogP contribution is -2.36. The summed E-state index contributed by atoms with van der Waals surface area (Å²) in [4.78, 5) is 25.2. The first kappa shape index (κ1) is 32.5. The van der Waals surface area contributed by atoms with Gasteiger partial charge >= 0.3 is 0 Å². The first-order valence-electron chi connectivity index (χ1n) is 15.2. The molecule has 2 saturated heterocycles. The summed E-state index contributed by atoms with van der Waals surface area (Å²) in [6.45, 7) is 10.0. The molecule has 0 unspecified atom stereocenters. The van der Waals surface area contributed by atoms with E-state index in [1.54, 1.807) is 6.20 Å². The minimum Gasteiger partial charge on any atom is -0.384 e. The second-order valence-corrected chi connectivity index (χ2v) is 13.1. The SMILES string of the molecule is CN1CCC(Nc2cc(N)ncc2-c2ccccc2)CC1.CN1CCC(Nc2cc(NC(=O)C(C)(C)C)ncc2Cl)CC1. The van der Waals surface area contributed by atoms with E-state index in [2.05, 4.69) is 61.9 Å². The fourth-order valence-electron chi connectivity index (χ4n) is 5.11. The second kappa shape index (κ2) is 14.9. The molecule has 0 bridgehead atoms. The number of carbonyl (C=O) groups excluding carboxylic acids is 1. The number of nitrogens with zero attached hydrogens (tertiary/aromatic N) is 4. The van der Waals surface area contributed by atoms with Crippen molar-refractivity contribution in [3.05, 3.63) is 59.9 Å². The number of aromatic nitrogens is 2. The number of likely N-dealkylation sites (tertiary alicyclic amines) is 2. The molecule has 1 amide bonds. The monoisotopic (exact) mass is 606 g/mol. The number of anilines is 4. The topological polar surface area (TPSA) is 111 Å². The number of nitrogen functional groups attached to an aromatic ring is 1. The summed E-state index contributed by atoms with van der Waals surface area (Å²) in [6, 6.07) is 15.0. The number of carbonyl (C=O) groups is 1. The Balaban J connectivity index is 0.000000197. The molecule has 2 aliphatic rings. The minimum absolute atomic E-state index is 0.0624. The Morgan fingerprint density at radius 2 is 1.42 bits per heavy atom. The van der Waals surface area contributed by atoms with Crippen molar-refractivity contribution >= 4 is 40.5 Å². The molecule has 10 heteroatoms. The molecule has 1 aromatic carbocycles. The lowest BCUT2D eigenvalue weighted by atomic mass is 9.96. The number of amides is 1. The number of benzene rings is 1. The van der Waals surface area contributed by atoms with Gasteiger partial charge in [0.25, 0.3) is 0 Å². The molecular weight excluding hydrogens is 560 g/mol. The van der Waals surface area contributed by atoms with E-state index in [0.29, 0.717) is 28.7 Å². The van der Waals surface area contributed by atoms with Gasteiger partial charge in [-0.1, -0.05) is 62.7 Å². The van der Waals surface area contributed by atoms with Crippen LogP contribution in [-0.4, -0.2) is 78.0 Å². The first-order valence-corrected chi connectivity index (χ1v) is 15.5. The van der Waals surface area contributed by atoms with Gasteiger partial charge in [-0.15, -0.1) is 0 Å². The van der Waals surface area contributed by atoms with Gasteiger partial charge < -0.3 is 31.5 Å². The Hall–Kier alpha value is -3.40. The Morgan fingerprint density at radius 3 is 1.98 bits per heavy atom. The van der Waals surface area contributed by atoms with Crippen LogP contribution < -0.4 is 21.7 Å². The van der Waals surface area contributed by atoms with Crippen molar-refractivity contribution in [3.63, 3.8) is 0 Å². The molecule has 2 aliphatic heterocycles. The van der Waals surface area contributed by atoms with Gasteiger partial charge in [-0.3, -0.25) is 4.79 Å². The predicted molar refractivity (Wildman–Crippen MR) is 180 cm³/mol. The highest BCUT2D eigenvalue weighted by atomic mass is 35.5. The van der Waals surface area contributed by atoms with Gasteiger partial charge in [0.05, 0.1) is 16.9 Å². The molecule has 0 atom stereocenters. The average Bonchev–Trinajstić information content (AvgIpc) is 2.97. The van der Waals surface area contributed by atoms with Crippen molar-refractivity contribution in [2.75, 3.05) is 62.0 Å². The zero-order valence-electron chi connectivity index (χ0n) is 26.2. The maximum Gasteiger partial charge on any atom is 0.230 e. The lowest BCUT2D eigenvalue weighted by molar-refractivity contribution is -0.123. The van der Waals surface area contributed by atoms with Crippen LogP contribution in [0, 0.1) is 5.41 Å². The summed E-state index contributed by atoms with van der Waals surface area (Å²) in [5.41, 5.74) is 9.61. The highest BCUT2D eigenvalue weighted by Gasteiger charge is 2.23. The number of piperidine rings is 2. The molecule has 0 radical (unpaired) electrons. The molecule has 5 rings (SSSR count). The number of halogens is 1. The van der Waals surface area contributed by atoms with Gasteiger partial charge in [0.2, 0.25) is 5.91 Å². The molecule has 4 heterocycles. The van der Waals surface area contributed by atoms with Gasteiger partial charge in [-0.05, 0) is 71.5 Å². The zero-order valence-corrected chi connectivity index (χ0v) is 26.9. The third kappa shape index (κ3) is 9.81. The first-order chi connectivity index (χ1) is 20.5. The van der Waals surface area contributed by atoms with E-state index in [0.717, 1.165) is 68.8 Å². The van der Waals surface area contributed by atoms with E-state index in [-0.39, 0.29) is 5.91 Å². The van der Waals surface area contributed by atoms with Crippen LogP contribution in [0.5, 0.6) is 0 Å². The van der Waals surface area contributed by atoms with E-state index < -0.39 is 5.41 Å². The predicted octanol–water partition coefficient (Wildman–Crippen LogP) is 6.06. The largest absolute Gasteiger partial charge is 0.384 e. The lowest BCUT2D eigenvalue weighted by Gasteiger charge is -2.30. The standard InChI is InChI=1S/C17H22N4.C16H25ClN4O/c1-21-9-7-14(8-10-21)20-16-11-17(18)19-12-15(16)13-5-3-2-4-6-13;1-16(2,3)15(22)20-14-9-13(12(17)10-18-14)19-11-5-7-21(4)8-6-11/h2-6,11-12,14H,7-10H2,1H3,(H3,18,19,20);9-11H,5-8H2,1-4H3,(H2,18,19,20,22). The summed E-state index contributed by atoms with van der Waals surface area (Å²) in [5, 5.41) is 10.5. The van der Waals surface area contributed by atoms with Crippen LogP contribution in [0.15, 0.2) is 54.9 Å². The number of pyridine rings is 2. The van der Waals surface area contributed by atoms with Crippen LogP contribution in [0.4, 0.5) is 23.0 Å². The molecule has 2 fully saturated rings. The van der Waals surface area contributed by atoms with Gasteiger partial charge in [-0.25, -0.2) is 9.97 Å². The third-order valence-corrected chi connectivity index (χ3v) is 8.25. The molecule has 0 spiro atoms. The quantitative estimate of drug-likeness (QED) is 0.268. The minimum atomic E-state index is -0.455. The average molecular weight is 607 g/mol. The van der Waals surface area contributed by atoms with Crippen molar-refractivity contribution in [3.8, 4) is 11.1 Å². The smallest absolute Gasteiger partial charge is 0.230 e. The maximum atomic E-state index is 12.0. The summed E-state index contributed by atoms with van der Waals surface area (Å²) in [7, 11) is 4.31. The van der Waals surface area contributed by atoms with Crippen molar-refractivity contribution in [2.45, 2.75) is 58.5 Å². The van der Waals surface area contributed by atoms with Crippen LogP contribution >= 0.6 is 11.6 Å². The molecule has 3 aromatic rings. The van der Waals surface area contributed by atoms with Gasteiger partial charge in [0.15, 0.2) is 0 Å². The van der Waals surface area contributed by atoms with Crippen molar-refractivity contribution in [1.82, 2.24) is 19.8 Å². The molecule has 232 valence electrons. The summed E-state index contributed by atoms with van der Waals surface area (Å²) in [6.07, 6.45) is 7.93. The van der Waals surface area contributed by atoms with Crippen LogP contribution in [0.2, 0.25) is 5.02 Å². The number of nitrogens with two attached hydrogens (primary N) is 1.